The summed E-state index contributed by atoms with van der Waals surface area (Å²) in [4.78, 5) is 4.75. The van der Waals surface area contributed by atoms with Gasteiger partial charge in [0.25, 0.3) is 0 Å². The minimum Gasteiger partial charge on any atom is -0.388 e. The molecule has 0 aliphatic heterocycles. The first-order valence-electron chi connectivity index (χ1n) is 10.6. The summed E-state index contributed by atoms with van der Waals surface area (Å²) in [6, 6.07) is 6.72. The van der Waals surface area contributed by atoms with E-state index in [9.17, 15) is 13.5 Å². The normalized spacial score (nSPS) is 12.8. The minimum atomic E-state index is -3.59. The van der Waals surface area contributed by atoms with E-state index in [1.165, 1.54) is 7.11 Å². The van der Waals surface area contributed by atoms with Crippen molar-refractivity contribution in [1.29, 1.82) is 0 Å². The van der Waals surface area contributed by atoms with Gasteiger partial charge in [0.1, 0.15) is 0 Å². The summed E-state index contributed by atoms with van der Waals surface area (Å²) in [5.74, 6) is 0.592. The number of aliphatic imine (C=N–C) groups is 1. The van der Waals surface area contributed by atoms with Gasteiger partial charge in [0.2, 0.25) is 10.0 Å². The van der Waals surface area contributed by atoms with Crippen LogP contribution in [-0.4, -0.2) is 58.4 Å². The summed E-state index contributed by atoms with van der Waals surface area (Å²) in [5.41, 5.74) is 0.0147. The molecule has 4 N–H and O–H groups in total. The Morgan fingerprint density at radius 2 is 1.87 bits per heavy atom. The molecule has 0 aliphatic carbocycles. The molecule has 0 bridgehead atoms. The molecule has 0 spiro atoms. The zero-order valence-corrected chi connectivity index (χ0v) is 19.5. The molecular formula is C21H38N4O4S. The van der Waals surface area contributed by atoms with Gasteiger partial charge in [0.15, 0.2) is 5.96 Å². The van der Waals surface area contributed by atoms with Crippen molar-refractivity contribution < 1.29 is 18.3 Å². The van der Waals surface area contributed by atoms with Crippen LogP contribution in [0.25, 0.3) is 0 Å². The summed E-state index contributed by atoms with van der Waals surface area (Å²) in [7, 11) is -2.07. The van der Waals surface area contributed by atoms with Gasteiger partial charge in [-0.15, -0.1) is 0 Å². The SMILES string of the molecule is CCCC(O)(CCC)CNC(=NCc1cccc(S(=O)(=O)NCCOC)c1)NCC. The zero-order chi connectivity index (χ0) is 22.5. The fourth-order valence-electron chi connectivity index (χ4n) is 3.17. The first kappa shape index (κ1) is 26.4. The smallest absolute Gasteiger partial charge is 0.240 e. The van der Waals surface area contributed by atoms with Gasteiger partial charge < -0.3 is 20.5 Å². The third-order valence-electron chi connectivity index (χ3n) is 4.59. The van der Waals surface area contributed by atoms with Gasteiger partial charge in [0, 0.05) is 26.7 Å². The highest BCUT2D eigenvalue weighted by Crippen LogP contribution is 2.18. The van der Waals surface area contributed by atoms with Crippen molar-refractivity contribution in [1.82, 2.24) is 15.4 Å². The molecule has 9 heteroatoms. The average molecular weight is 443 g/mol. The minimum absolute atomic E-state index is 0.199. The highest BCUT2D eigenvalue weighted by molar-refractivity contribution is 7.89. The van der Waals surface area contributed by atoms with Crippen molar-refractivity contribution in [3.8, 4) is 0 Å². The molecule has 0 saturated heterocycles. The lowest BCUT2D eigenvalue weighted by Crippen LogP contribution is -2.47. The largest absolute Gasteiger partial charge is 0.388 e. The molecule has 0 amide bonds. The Bertz CT molecular complexity index is 747. The van der Waals surface area contributed by atoms with Crippen molar-refractivity contribution in [2.45, 2.75) is 63.5 Å². The van der Waals surface area contributed by atoms with Gasteiger partial charge in [-0.3, -0.25) is 0 Å². The molecule has 8 nitrogen and oxygen atoms in total. The summed E-state index contributed by atoms with van der Waals surface area (Å²) < 4.78 is 32.2. The van der Waals surface area contributed by atoms with E-state index >= 15 is 0 Å². The molecule has 1 aromatic carbocycles. The Kier molecular flexibility index (Phi) is 11.9. The number of nitrogens with zero attached hydrogens (tertiary/aromatic N) is 1. The number of aliphatic hydroxyl groups is 1. The number of nitrogens with one attached hydrogen (secondary N) is 3. The highest BCUT2D eigenvalue weighted by atomic mass is 32.2. The number of sulfonamides is 1. The average Bonchev–Trinajstić information content (AvgIpc) is 2.71. The summed E-state index contributed by atoms with van der Waals surface area (Å²) in [5, 5.41) is 17.2. The van der Waals surface area contributed by atoms with E-state index in [2.05, 4.69) is 34.2 Å². The molecule has 0 aliphatic rings. The van der Waals surface area contributed by atoms with Crippen LogP contribution < -0.4 is 15.4 Å². The van der Waals surface area contributed by atoms with E-state index in [1.54, 1.807) is 18.2 Å². The quantitative estimate of drug-likeness (QED) is 0.199. The Balaban J connectivity index is 2.85. The lowest BCUT2D eigenvalue weighted by atomic mass is 9.93. The van der Waals surface area contributed by atoms with Crippen LogP contribution in [0.5, 0.6) is 0 Å². The maximum absolute atomic E-state index is 12.4. The third-order valence-corrected chi connectivity index (χ3v) is 6.05. The Morgan fingerprint density at radius 1 is 1.17 bits per heavy atom. The lowest BCUT2D eigenvalue weighted by Gasteiger charge is -2.28. The molecule has 1 aromatic rings. The van der Waals surface area contributed by atoms with Crippen LogP contribution in [0.4, 0.5) is 0 Å². The maximum atomic E-state index is 12.4. The Morgan fingerprint density at radius 3 is 2.47 bits per heavy atom. The number of rotatable bonds is 14. The molecule has 0 radical (unpaired) electrons. The van der Waals surface area contributed by atoms with Crippen molar-refractivity contribution in [3.63, 3.8) is 0 Å². The Labute approximate surface area is 181 Å². The second-order valence-corrected chi connectivity index (χ2v) is 9.08. The third kappa shape index (κ3) is 9.42. The van der Waals surface area contributed by atoms with Crippen molar-refractivity contribution in [3.05, 3.63) is 29.8 Å². The Hall–Kier alpha value is -1.68. The first-order valence-corrected chi connectivity index (χ1v) is 12.1. The molecular weight excluding hydrogens is 404 g/mol. The molecule has 30 heavy (non-hydrogen) atoms. The standard InChI is InChI=1S/C21H38N4O4S/c1-5-11-21(26,12-6-2)17-24-20(22-7-3)23-16-18-9-8-10-19(15-18)30(27,28)25-13-14-29-4/h8-10,15,25-26H,5-7,11-14,16-17H2,1-4H3,(H2,22,23,24). The van der Waals surface area contributed by atoms with Crippen LogP contribution in [0.3, 0.4) is 0 Å². The number of hydrogen-bond donors (Lipinski definition) is 4. The van der Waals surface area contributed by atoms with Crippen LogP contribution >= 0.6 is 0 Å². The summed E-state index contributed by atoms with van der Waals surface area (Å²) in [6.45, 7) is 8.03. The molecule has 0 unspecified atom stereocenters. The van der Waals surface area contributed by atoms with E-state index < -0.39 is 15.6 Å². The monoisotopic (exact) mass is 442 g/mol. The molecule has 0 atom stereocenters. The van der Waals surface area contributed by atoms with Gasteiger partial charge in [0.05, 0.1) is 23.6 Å². The number of hydrogen-bond acceptors (Lipinski definition) is 5. The van der Waals surface area contributed by atoms with Crippen LogP contribution in [-0.2, 0) is 21.3 Å². The molecule has 0 heterocycles. The predicted molar refractivity (Wildman–Crippen MR) is 121 cm³/mol. The molecule has 0 aromatic heterocycles. The number of ether oxygens (including phenoxy) is 1. The fraction of sp³-hybridized carbons (Fsp3) is 0.667. The highest BCUT2D eigenvalue weighted by Gasteiger charge is 2.25. The zero-order valence-electron chi connectivity index (χ0n) is 18.7. The topological polar surface area (TPSA) is 112 Å². The lowest BCUT2D eigenvalue weighted by molar-refractivity contribution is 0.0257. The van der Waals surface area contributed by atoms with Crippen LogP contribution in [0.2, 0.25) is 0 Å². The fourth-order valence-corrected chi connectivity index (χ4v) is 4.25. The number of benzene rings is 1. The first-order chi connectivity index (χ1) is 14.3. The van der Waals surface area contributed by atoms with E-state index in [1.807, 2.05) is 13.0 Å². The summed E-state index contributed by atoms with van der Waals surface area (Å²) in [6.07, 6.45) is 3.27. The van der Waals surface area contributed by atoms with Crippen LogP contribution in [0.1, 0.15) is 52.0 Å². The van der Waals surface area contributed by atoms with Crippen LogP contribution in [0, 0.1) is 0 Å². The van der Waals surface area contributed by atoms with Gasteiger partial charge in [-0.25, -0.2) is 18.1 Å². The second-order valence-electron chi connectivity index (χ2n) is 7.31. The number of methoxy groups -OCH3 is 1. The van der Waals surface area contributed by atoms with Crippen LogP contribution in [0.15, 0.2) is 34.2 Å². The van der Waals surface area contributed by atoms with E-state index in [-0.39, 0.29) is 11.4 Å². The van der Waals surface area contributed by atoms with Crippen molar-refractivity contribution in [2.24, 2.45) is 4.99 Å². The molecule has 1 rings (SSSR count). The van der Waals surface area contributed by atoms with Gasteiger partial charge >= 0.3 is 0 Å². The van der Waals surface area contributed by atoms with Crippen molar-refractivity contribution in [2.75, 3.05) is 33.4 Å². The molecule has 0 saturated carbocycles. The second kappa shape index (κ2) is 13.6. The molecule has 0 fully saturated rings. The van der Waals surface area contributed by atoms with E-state index in [0.29, 0.717) is 32.2 Å². The maximum Gasteiger partial charge on any atom is 0.240 e. The number of guanidine groups is 1. The van der Waals surface area contributed by atoms with Gasteiger partial charge in [-0.1, -0.05) is 38.8 Å². The van der Waals surface area contributed by atoms with Gasteiger partial charge in [-0.2, -0.15) is 0 Å². The van der Waals surface area contributed by atoms with E-state index in [0.717, 1.165) is 31.2 Å². The predicted octanol–water partition coefficient (Wildman–Crippen LogP) is 2.00. The van der Waals surface area contributed by atoms with E-state index in [4.69, 9.17) is 4.74 Å². The van der Waals surface area contributed by atoms with Crippen molar-refractivity contribution >= 4 is 16.0 Å². The molecule has 172 valence electrons. The van der Waals surface area contributed by atoms with Gasteiger partial charge in [-0.05, 0) is 37.5 Å². The summed E-state index contributed by atoms with van der Waals surface area (Å²) >= 11 is 0.